The fourth-order valence-electron chi connectivity index (χ4n) is 1.17. The average Bonchev–Trinajstić information content (AvgIpc) is 2.73. The quantitative estimate of drug-likeness (QED) is 0.773. The lowest BCUT2D eigenvalue weighted by Gasteiger charge is -1.97. The summed E-state index contributed by atoms with van der Waals surface area (Å²) in [6, 6.07) is 0. The molecule has 2 aromatic heterocycles. The van der Waals surface area contributed by atoms with Gasteiger partial charge in [-0.15, -0.1) is 0 Å². The molecule has 0 radical (unpaired) electrons. The first-order valence-corrected chi connectivity index (χ1v) is 5.27. The van der Waals surface area contributed by atoms with Crippen LogP contribution in [0.25, 0.3) is 0 Å². The van der Waals surface area contributed by atoms with E-state index >= 15 is 0 Å². The van der Waals surface area contributed by atoms with Crippen LogP contribution in [0.4, 0.5) is 0 Å². The Labute approximate surface area is 83.4 Å². The number of hydrogen-bond acceptors (Lipinski definition) is 3. The number of rotatable bonds is 2. The van der Waals surface area contributed by atoms with Crippen LogP contribution in [0.15, 0.2) is 22.2 Å². The van der Waals surface area contributed by atoms with E-state index in [2.05, 4.69) is 20.4 Å². The van der Waals surface area contributed by atoms with E-state index < -0.39 is 10.8 Å². The zero-order chi connectivity index (χ0) is 10.1. The molecule has 0 atom stereocenters. The summed E-state index contributed by atoms with van der Waals surface area (Å²) in [5.74, 6) is 0. The predicted molar refractivity (Wildman–Crippen MR) is 51.3 cm³/mol. The van der Waals surface area contributed by atoms with Crippen LogP contribution >= 0.6 is 0 Å². The summed E-state index contributed by atoms with van der Waals surface area (Å²) in [5, 5.41) is 13.2. The molecule has 2 rings (SSSR count). The highest BCUT2D eigenvalue weighted by Gasteiger charge is 2.14. The molecule has 74 valence electrons. The fourth-order valence-corrected chi connectivity index (χ4v) is 2.35. The zero-order valence-corrected chi connectivity index (χ0v) is 8.68. The first-order chi connectivity index (χ1) is 6.70. The summed E-state index contributed by atoms with van der Waals surface area (Å²) in [7, 11) is -1.20. The molecular formula is C8H10N4OS. The topological polar surface area (TPSA) is 74.4 Å². The smallest absolute Gasteiger partial charge is 0.0919 e. The van der Waals surface area contributed by atoms with Crippen molar-refractivity contribution >= 4 is 10.8 Å². The number of aromatic amines is 2. The molecule has 0 spiro atoms. The van der Waals surface area contributed by atoms with Crippen LogP contribution in [0.1, 0.15) is 11.4 Å². The average molecular weight is 210 g/mol. The summed E-state index contributed by atoms with van der Waals surface area (Å²) < 4.78 is 12.0. The number of H-pyrrole nitrogens is 2. The minimum absolute atomic E-state index is 0.703. The lowest BCUT2D eigenvalue weighted by atomic mass is 10.5. The third-order valence-electron chi connectivity index (χ3n) is 1.97. The predicted octanol–water partition coefficient (Wildman–Crippen LogP) is 0.916. The highest BCUT2D eigenvalue weighted by atomic mass is 32.2. The molecule has 2 N–H and O–H groups in total. The van der Waals surface area contributed by atoms with Crippen molar-refractivity contribution in [2.75, 3.05) is 0 Å². The number of nitrogens with zero attached hydrogens (tertiary/aromatic N) is 2. The maximum atomic E-state index is 12.0. The van der Waals surface area contributed by atoms with Gasteiger partial charge in [-0.1, -0.05) is 0 Å². The molecule has 0 aliphatic carbocycles. The van der Waals surface area contributed by atoms with Crippen LogP contribution < -0.4 is 0 Å². The van der Waals surface area contributed by atoms with Crippen molar-refractivity contribution in [2.24, 2.45) is 0 Å². The van der Waals surface area contributed by atoms with Gasteiger partial charge in [-0.3, -0.25) is 10.2 Å². The van der Waals surface area contributed by atoms with Crippen molar-refractivity contribution in [3.8, 4) is 0 Å². The minimum Gasteiger partial charge on any atom is -0.282 e. The van der Waals surface area contributed by atoms with Gasteiger partial charge in [0, 0.05) is 11.4 Å². The molecule has 0 bridgehead atoms. The molecule has 0 fully saturated rings. The van der Waals surface area contributed by atoms with Gasteiger partial charge in [0.05, 0.1) is 33.0 Å². The van der Waals surface area contributed by atoms with Crippen molar-refractivity contribution in [1.29, 1.82) is 0 Å². The van der Waals surface area contributed by atoms with Crippen molar-refractivity contribution in [3.05, 3.63) is 23.8 Å². The standard InChI is InChI=1S/C8H10N4OS/c1-5-7(3-9-11-5)14(13)8-4-10-12-6(8)2/h3-4H,1-2H3,(H,9,11)(H,10,12). The SMILES string of the molecule is Cc1[nH]ncc1S(=O)c1cn[nH]c1C. The molecule has 0 aromatic carbocycles. The third kappa shape index (κ3) is 1.37. The molecule has 0 amide bonds. The van der Waals surface area contributed by atoms with Crippen LogP contribution in [0.5, 0.6) is 0 Å². The molecule has 2 heterocycles. The van der Waals surface area contributed by atoms with Crippen molar-refractivity contribution < 1.29 is 4.21 Å². The molecule has 0 aliphatic heterocycles. The zero-order valence-electron chi connectivity index (χ0n) is 7.87. The van der Waals surface area contributed by atoms with E-state index in [1.807, 2.05) is 13.8 Å². The van der Waals surface area contributed by atoms with Gasteiger partial charge in [0.15, 0.2) is 0 Å². The van der Waals surface area contributed by atoms with Gasteiger partial charge in [0.2, 0.25) is 0 Å². The maximum absolute atomic E-state index is 12.0. The van der Waals surface area contributed by atoms with Gasteiger partial charge in [-0.25, -0.2) is 4.21 Å². The summed E-state index contributed by atoms with van der Waals surface area (Å²) in [6.07, 6.45) is 3.16. The Hall–Kier alpha value is -1.43. The van der Waals surface area contributed by atoms with E-state index in [4.69, 9.17) is 0 Å². The monoisotopic (exact) mass is 210 g/mol. The molecule has 0 saturated heterocycles. The van der Waals surface area contributed by atoms with Gasteiger partial charge in [-0.2, -0.15) is 10.2 Å². The van der Waals surface area contributed by atoms with E-state index in [0.29, 0.717) is 9.79 Å². The minimum atomic E-state index is -1.20. The molecule has 5 nitrogen and oxygen atoms in total. The Balaban J connectivity index is 2.44. The molecule has 2 aromatic rings. The van der Waals surface area contributed by atoms with Crippen LogP contribution in [-0.2, 0) is 10.8 Å². The molecular weight excluding hydrogens is 200 g/mol. The van der Waals surface area contributed by atoms with Crippen molar-refractivity contribution in [1.82, 2.24) is 20.4 Å². The second-order valence-electron chi connectivity index (χ2n) is 2.99. The lowest BCUT2D eigenvalue weighted by molar-refractivity contribution is 0.682. The first-order valence-electron chi connectivity index (χ1n) is 4.12. The summed E-state index contributed by atoms with van der Waals surface area (Å²) in [5.41, 5.74) is 1.65. The molecule has 0 saturated carbocycles. The van der Waals surface area contributed by atoms with E-state index in [9.17, 15) is 4.21 Å². The normalized spacial score (nSPS) is 11.1. The molecule has 14 heavy (non-hydrogen) atoms. The number of hydrogen-bond donors (Lipinski definition) is 2. The largest absolute Gasteiger partial charge is 0.282 e. The number of aromatic nitrogens is 4. The fraction of sp³-hybridized carbons (Fsp3) is 0.250. The van der Waals surface area contributed by atoms with Crippen LogP contribution in [0.3, 0.4) is 0 Å². The Morgan fingerprint density at radius 1 is 1.07 bits per heavy atom. The van der Waals surface area contributed by atoms with Gasteiger partial charge < -0.3 is 0 Å². The van der Waals surface area contributed by atoms with Crippen LogP contribution in [-0.4, -0.2) is 24.6 Å². The Kier molecular flexibility index (Phi) is 2.20. The summed E-state index contributed by atoms with van der Waals surface area (Å²) >= 11 is 0. The second-order valence-corrected chi connectivity index (χ2v) is 4.40. The van der Waals surface area contributed by atoms with Gasteiger partial charge in [0.1, 0.15) is 0 Å². The summed E-state index contributed by atoms with van der Waals surface area (Å²) in [6.45, 7) is 3.69. The highest BCUT2D eigenvalue weighted by Crippen LogP contribution is 2.18. The Morgan fingerprint density at radius 2 is 1.50 bits per heavy atom. The van der Waals surface area contributed by atoms with Crippen LogP contribution in [0.2, 0.25) is 0 Å². The number of nitrogens with one attached hydrogen (secondary N) is 2. The van der Waals surface area contributed by atoms with E-state index in [0.717, 1.165) is 11.4 Å². The van der Waals surface area contributed by atoms with E-state index in [-0.39, 0.29) is 0 Å². The molecule has 0 unspecified atom stereocenters. The van der Waals surface area contributed by atoms with E-state index in [1.165, 1.54) is 0 Å². The van der Waals surface area contributed by atoms with Gasteiger partial charge in [-0.05, 0) is 13.8 Å². The highest BCUT2D eigenvalue weighted by molar-refractivity contribution is 7.85. The second kappa shape index (κ2) is 3.38. The van der Waals surface area contributed by atoms with Gasteiger partial charge >= 0.3 is 0 Å². The van der Waals surface area contributed by atoms with Crippen LogP contribution in [0, 0.1) is 13.8 Å². The Bertz CT molecular complexity index is 431. The molecule has 6 heteroatoms. The lowest BCUT2D eigenvalue weighted by Crippen LogP contribution is -1.93. The van der Waals surface area contributed by atoms with E-state index in [1.54, 1.807) is 12.4 Å². The Morgan fingerprint density at radius 3 is 1.79 bits per heavy atom. The maximum Gasteiger partial charge on any atom is 0.0919 e. The van der Waals surface area contributed by atoms with Gasteiger partial charge in [0.25, 0.3) is 0 Å². The first kappa shape index (κ1) is 9.14. The third-order valence-corrected chi connectivity index (χ3v) is 3.59. The van der Waals surface area contributed by atoms with Crippen molar-refractivity contribution in [3.63, 3.8) is 0 Å². The van der Waals surface area contributed by atoms with Crippen molar-refractivity contribution in [2.45, 2.75) is 23.6 Å². The molecule has 0 aliphatic rings. The number of aryl methyl sites for hydroxylation is 2. The summed E-state index contributed by atoms with van der Waals surface area (Å²) in [4.78, 5) is 1.41.